The lowest BCUT2D eigenvalue weighted by Gasteiger charge is -2.11. The highest BCUT2D eigenvalue weighted by atomic mass is 35.5. The second kappa shape index (κ2) is 5.84. The summed E-state index contributed by atoms with van der Waals surface area (Å²) in [5.74, 6) is 0.234. The lowest BCUT2D eigenvalue weighted by atomic mass is 10.0. The van der Waals surface area contributed by atoms with Gasteiger partial charge < -0.3 is 14.6 Å². The van der Waals surface area contributed by atoms with Gasteiger partial charge in [0.05, 0.1) is 19.8 Å². The molecule has 0 aliphatic heterocycles. The van der Waals surface area contributed by atoms with Crippen LogP contribution in [0.1, 0.15) is 10.4 Å². The van der Waals surface area contributed by atoms with Crippen molar-refractivity contribution in [3.8, 4) is 22.6 Å². The Labute approximate surface area is 121 Å². The summed E-state index contributed by atoms with van der Waals surface area (Å²) in [4.78, 5) is 11.1. The third-order valence-corrected chi connectivity index (χ3v) is 3.08. The van der Waals surface area contributed by atoms with Crippen LogP contribution >= 0.6 is 11.6 Å². The molecule has 2 aromatic rings. The maximum atomic E-state index is 11.1. The second-order valence-electron chi connectivity index (χ2n) is 4.10. The fourth-order valence-electron chi connectivity index (χ4n) is 1.91. The average molecular weight is 293 g/mol. The Morgan fingerprint density at radius 3 is 2.45 bits per heavy atom. The van der Waals surface area contributed by atoms with Gasteiger partial charge in [-0.05, 0) is 42.0 Å². The third kappa shape index (κ3) is 2.86. The van der Waals surface area contributed by atoms with Crippen molar-refractivity contribution in [1.29, 1.82) is 0 Å². The van der Waals surface area contributed by atoms with Crippen molar-refractivity contribution in [3.05, 3.63) is 47.0 Å². The molecule has 0 saturated carbocycles. The Bertz CT molecular complexity index is 652. The molecule has 104 valence electrons. The monoisotopic (exact) mass is 292 g/mol. The molecule has 0 spiro atoms. The minimum absolute atomic E-state index is 0.123. The quantitative estimate of drug-likeness (QED) is 0.933. The summed E-state index contributed by atoms with van der Waals surface area (Å²) in [5, 5.41) is 9.44. The number of methoxy groups -OCH3 is 2. The molecule has 2 aromatic carbocycles. The number of hydrogen-bond acceptors (Lipinski definition) is 3. The van der Waals surface area contributed by atoms with Crippen LogP contribution in [0.5, 0.6) is 11.5 Å². The molecule has 20 heavy (non-hydrogen) atoms. The number of halogens is 1. The van der Waals surface area contributed by atoms with Gasteiger partial charge in [0.25, 0.3) is 0 Å². The van der Waals surface area contributed by atoms with Gasteiger partial charge in [-0.25, -0.2) is 4.79 Å². The van der Waals surface area contributed by atoms with Crippen LogP contribution in [0.25, 0.3) is 11.1 Å². The summed E-state index contributed by atoms with van der Waals surface area (Å²) in [6.45, 7) is 0. The standard InChI is InChI=1S/C15H13ClO4/c1-19-12-3-4-14(20-2)13(8-12)9-5-10(15(17)18)7-11(16)6-9/h3-8H,1-2H3,(H,17,18). The van der Waals surface area contributed by atoms with Crippen LogP contribution in [0.15, 0.2) is 36.4 Å². The Balaban J connectivity index is 2.63. The molecule has 0 unspecified atom stereocenters. The minimum Gasteiger partial charge on any atom is -0.497 e. The van der Waals surface area contributed by atoms with Crippen LogP contribution in [-0.2, 0) is 0 Å². The first-order valence-electron chi connectivity index (χ1n) is 5.81. The maximum absolute atomic E-state index is 11.1. The first kappa shape index (κ1) is 14.2. The Morgan fingerprint density at radius 2 is 1.85 bits per heavy atom. The molecule has 0 bridgehead atoms. The van der Waals surface area contributed by atoms with Crippen molar-refractivity contribution in [1.82, 2.24) is 0 Å². The summed E-state index contributed by atoms with van der Waals surface area (Å²) in [6.07, 6.45) is 0. The second-order valence-corrected chi connectivity index (χ2v) is 4.54. The third-order valence-electron chi connectivity index (χ3n) is 2.86. The number of benzene rings is 2. The number of carboxylic acid groups (broad SMARTS) is 1. The molecule has 4 nitrogen and oxygen atoms in total. The van der Waals surface area contributed by atoms with E-state index in [0.717, 1.165) is 5.56 Å². The predicted octanol–water partition coefficient (Wildman–Crippen LogP) is 3.72. The SMILES string of the molecule is COc1ccc(OC)c(-c2cc(Cl)cc(C(=O)O)c2)c1. The van der Waals surface area contributed by atoms with E-state index in [0.29, 0.717) is 22.1 Å². The van der Waals surface area contributed by atoms with Gasteiger partial charge in [-0.2, -0.15) is 0 Å². The molecule has 0 amide bonds. The molecular weight excluding hydrogens is 280 g/mol. The van der Waals surface area contributed by atoms with Gasteiger partial charge >= 0.3 is 5.97 Å². The predicted molar refractivity (Wildman–Crippen MR) is 77.0 cm³/mol. The van der Waals surface area contributed by atoms with Crippen LogP contribution in [-0.4, -0.2) is 25.3 Å². The Morgan fingerprint density at radius 1 is 1.10 bits per heavy atom. The van der Waals surface area contributed by atoms with Gasteiger partial charge in [0.15, 0.2) is 0 Å². The summed E-state index contributed by atoms with van der Waals surface area (Å²) >= 11 is 5.98. The number of carboxylic acids is 1. The van der Waals surface area contributed by atoms with Crippen molar-refractivity contribution in [3.63, 3.8) is 0 Å². The molecule has 1 N–H and O–H groups in total. The van der Waals surface area contributed by atoms with Gasteiger partial charge in [0, 0.05) is 10.6 Å². The van der Waals surface area contributed by atoms with Crippen molar-refractivity contribution in [2.75, 3.05) is 14.2 Å². The highest BCUT2D eigenvalue weighted by Gasteiger charge is 2.12. The van der Waals surface area contributed by atoms with Crippen LogP contribution in [0.2, 0.25) is 5.02 Å². The van der Waals surface area contributed by atoms with E-state index in [2.05, 4.69) is 0 Å². The fraction of sp³-hybridized carbons (Fsp3) is 0.133. The van der Waals surface area contributed by atoms with Crippen LogP contribution in [0.4, 0.5) is 0 Å². The molecule has 0 aliphatic carbocycles. The number of carbonyl (C=O) groups is 1. The van der Waals surface area contributed by atoms with E-state index in [9.17, 15) is 4.79 Å². The zero-order valence-corrected chi connectivity index (χ0v) is 11.8. The van der Waals surface area contributed by atoms with Crippen LogP contribution in [0, 0.1) is 0 Å². The highest BCUT2D eigenvalue weighted by molar-refractivity contribution is 6.31. The molecule has 0 saturated heterocycles. The lowest BCUT2D eigenvalue weighted by Crippen LogP contribution is -1.97. The summed E-state index contributed by atoms with van der Waals surface area (Å²) in [6, 6.07) is 9.94. The summed E-state index contributed by atoms with van der Waals surface area (Å²) in [7, 11) is 3.11. The summed E-state index contributed by atoms with van der Waals surface area (Å²) in [5.41, 5.74) is 1.50. The Kier molecular flexibility index (Phi) is 4.15. The molecule has 0 radical (unpaired) electrons. The molecule has 0 aliphatic rings. The van der Waals surface area contributed by atoms with E-state index >= 15 is 0 Å². The minimum atomic E-state index is -1.03. The topological polar surface area (TPSA) is 55.8 Å². The van der Waals surface area contributed by atoms with Gasteiger partial charge in [0.1, 0.15) is 11.5 Å². The van der Waals surface area contributed by atoms with Crippen molar-refractivity contribution in [2.24, 2.45) is 0 Å². The molecular formula is C15H13ClO4. The van der Waals surface area contributed by atoms with Crippen molar-refractivity contribution < 1.29 is 19.4 Å². The van der Waals surface area contributed by atoms with Gasteiger partial charge in [-0.15, -0.1) is 0 Å². The smallest absolute Gasteiger partial charge is 0.335 e. The zero-order valence-electron chi connectivity index (χ0n) is 11.0. The maximum Gasteiger partial charge on any atom is 0.335 e. The average Bonchev–Trinajstić information content (AvgIpc) is 2.45. The van der Waals surface area contributed by atoms with Gasteiger partial charge in [-0.3, -0.25) is 0 Å². The van der Waals surface area contributed by atoms with Crippen molar-refractivity contribution >= 4 is 17.6 Å². The molecule has 0 aromatic heterocycles. The Hall–Kier alpha value is -2.20. The van der Waals surface area contributed by atoms with E-state index in [1.807, 2.05) is 0 Å². The fourth-order valence-corrected chi connectivity index (χ4v) is 2.14. The molecule has 0 atom stereocenters. The van der Waals surface area contributed by atoms with E-state index in [4.69, 9.17) is 26.2 Å². The number of aromatic carboxylic acids is 1. The van der Waals surface area contributed by atoms with E-state index < -0.39 is 5.97 Å². The summed E-state index contributed by atoms with van der Waals surface area (Å²) < 4.78 is 10.5. The lowest BCUT2D eigenvalue weighted by molar-refractivity contribution is 0.0697. The first-order chi connectivity index (χ1) is 9.55. The largest absolute Gasteiger partial charge is 0.497 e. The molecule has 5 heteroatoms. The van der Waals surface area contributed by atoms with Crippen LogP contribution in [0.3, 0.4) is 0 Å². The molecule has 0 heterocycles. The van der Waals surface area contributed by atoms with E-state index in [-0.39, 0.29) is 5.56 Å². The first-order valence-corrected chi connectivity index (χ1v) is 6.19. The number of rotatable bonds is 4. The number of hydrogen-bond donors (Lipinski definition) is 1. The van der Waals surface area contributed by atoms with Gasteiger partial charge in [0.2, 0.25) is 0 Å². The molecule has 0 fully saturated rings. The number of ether oxygens (including phenoxy) is 2. The zero-order chi connectivity index (χ0) is 14.7. The van der Waals surface area contributed by atoms with Gasteiger partial charge in [-0.1, -0.05) is 11.6 Å². The highest BCUT2D eigenvalue weighted by Crippen LogP contribution is 2.35. The van der Waals surface area contributed by atoms with E-state index in [1.54, 1.807) is 44.6 Å². The molecule has 2 rings (SSSR count). The normalized spacial score (nSPS) is 10.2. The van der Waals surface area contributed by atoms with Crippen molar-refractivity contribution in [2.45, 2.75) is 0 Å². The van der Waals surface area contributed by atoms with Crippen LogP contribution < -0.4 is 9.47 Å². The van der Waals surface area contributed by atoms with E-state index in [1.165, 1.54) is 6.07 Å².